The Morgan fingerprint density at radius 2 is 2.10 bits per heavy atom. The van der Waals surface area contributed by atoms with Crippen molar-refractivity contribution in [2.75, 3.05) is 5.32 Å². The minimum atomic E-state index is -0.303. The van der Waals surface area contributed by atoms with Gasteiger partial charge in [0, 0.05) is 30.6 Å². The molecule has 0 saturated carbocycles. The highest BCUT2D eigenvalue weighted by molar-refractivity contribution is 5.89. The molecule has 0 fully saturated rings. The number of hydrogen-bond donors (Lipinski definition) is 2. The molecule has 0 aliphatic carbocycles. The maximum absolute atomic E-state index is 14.6. The number of halogens is 1. The van der Waals surface area contributed by atoms with Crippen molar-refractivity contribution >= 4 is 17.7 Å². The minimum absolute atomic E-state index is 0.0281. The molecule has 4 rings (SSSR count). The molecular weight excluding hydrogens is 377 g/mol. The zero-order valence-corrected chi connectivity index (χ0v) is 16.6. The molecule has 1 aliphatic rings. The van der Waals surface area contributed by atoms with Crippen molar-refractivity contribution in [2.24, 2.45) is 0 Å². The number of allylic oxidation sites excluding steroid dienone is 1. The van der Waals surface area contributed by atoms with Crippen LogP contribution in [0.5, 0.6) is 0 Å². The van der Waals surface area contributed by atoms with Gasteiger partial charge in [-0.1, -0.05) is 36.4 Å². The second-order valence-electron chi connectivity index (χ2n) is 7.21. The van der Waals surface area contributed by atoms with E-state index in [2.05, 4.69) is 27.8 Å². The van der Waals surface area contributed by atoms with Crippen LogP contribution in [0.2, 0.25) is 0 Å². The van der Waals surface area contributed by atoms with E-state index in [1.165, 1.54) is 18.6 Å². The van der Waals surface area contributed by atoms with Gasteiger partial charge in [0.15, 0.2) is 0 Å². The Kier molecular flexibility index (Phi) is 5.70. The van der Waals surface area contributed by atoms with Crippen molar-refractivity contribution in [3.05, 3.63) is 102 Å². The summed E-state index contributed by atoms with van der Waals surface area (Å²) in [6, 6.07) is 16.3. The van der Waals surface area contributed by atoms with Gasteiger partial charge in [-0.3, -0.25) is 9.78 Å². The molecule has 0 radical (unpaired) electrons. The van der Waals surface area contributed by atoms with Crippen molar-refractivity contribution < 1.29 is 9.18 Å². The van der Waals surface area contributed by atoms with Crippen LogP contribution < -0.4 is 10.6 Å². The number of hydrogen-bond acceptors (Lipinski definition) is 3. The standard InChI is InChI=1S/C25H22FN3O/c1-17(30)29-22-8-2-5-19(15-22)23-14-18(9-10-24(23)26)13-20-6-4-12-28-25(20)21-7-3-11-27-16-21/h2-5,7-16,25,28H,6H2,1H3,(H,29,30). The van der Waals surface area contributed by atoms with Gasteiger partial charge in [0.25, 0.3) is 0 Å². The van der Waals surface area contributed by atoms with E-state index in [-0.39, 0.29) is 17.8 Å². The lowest BCUT2D eigenvalue weighted by atomic mass is 9.92. The third-order valence-electron chi connectivity index (χ3n) is 4.96. The van der Waals surface area contributed by atoms with Gasteiger partial charge in [0.1, 0.15) is 5.82 Å². The number of aromatic nitrogens is 1. The van der Waals surface area contributed by atoms with E-state index in [0.717, 1.165) is 17.5 Å². The summed E-state index contributed by atoms with van der Waals surface area (Å²) in [5.41, 5.74) is 5.02. The summed E-state index contributed by atoms with van der Waals surface area (Å²) in [5, 5.41) is 6.13. The fraction of sp³-hybridized carbons (Fsp3) is 0.120. The van der Waals surface area contributed by atoms with Gasteiger partial charge in [-0.2, -0.15) is 0 Å². The molecule has 3 aromatic rings. The van der Waals surface area contributed by atoms with Crippen molar-refractivity contribution in [1.82, 2.24) is 10.3 Å². The molecule has 1 unspecified atom stereocenters. The molecular formula is C25H22FN3O. The maximum Gasteiger partial charge on any atom is 0.221 e. The molecule has 4 nitrogen and oxygen atoms in total. The summed E-state index contributed by atoms with van der Waals surface area (Å²) in [4.78, 5) is 15.6. The molecule has 0 spiro atoms. The lowest BCUT2D eigenvalue weighted by molar-refractivity contribution is -0.114. The molecule has 5 heteroatoms. The number of carbonyl (C=O) groups excluding carboxylic acids is 1. The zero-order valence-electron chi connectivity index (χ0n) is 16.6. The second-order valence-corrected chi connectivity index (χ2v) is 7.21. The highest BCUT2D eigenvalue weighted by Gasteiger charge is 2.17. The first-order valence-corrected chi connectivity index (χ1v) is 9.79. The summed E-state index contributed by atoms with van der Waals surface area (Å²) < 4.78 is 14.6. The number of carbonyl (C=O) groups is 1. The SMILES string of the molecule is CC(=O)Nc1cccc(-c2cc(C=C3CC=CNC3c3cccnc3)ccc2F)c1. The summed E-state index contributed by atoms with van der Waals surface area (Å²) in [6.07, 6.45) is 10.5. The summed E-state index contributed by atoms with van der Waals surface area (Å²) in [6.45, 7) is 1.45. The van der Waals surface area contributed by atoms with Crippen LogP contribution in [0.1, 0.15) is 30.5 Å². The smallest absolute Gasteiger partial charge is 0.221 e. The number of pyridine rings is 1. The van der Waals surface area contributed by atoms with Gasteiger partial charge in [-0.15, -0.1) is 0 Å². The normalized spacial score (nSPS) is 16.9. The molecule has 2 aromatic carbocycles. The second kappa shape index (κ2) is 8.74. The molecule has 2 N–H and O–H groups in total. The average Bonchev–Trinajstić information content (AvgIpc) is 2.76. The van der Waals surface area contributed by atoms with Crippen molar-refractivity contribution in [3.8, 4) is 11.1 Å². The molecule has 1 aliphatic heterocycles. The first kappa shape index (κ1) is 19.6. The predicted molar refractivity (Wildman–Crippen MR) is 118 cm³/mol. The van der Waals surface area contributed by atoms with E-state index in [1.807, 2.05) is 36.7 Å². The van der Waals surface area contributed by atoms with Crippen molar-refractivity contribution in [1.29, 1.82) is 0 Å². The fourth-order valence-electron chi connectivity index (χ4n) is 3.62. The third kappa shape index (κ3) is 4.46. The molecule has 2 heterocycles. The zero-order chi connectivity index (χ0) is 20.9. The Bertz CT molecular complexity index is 1120. The van der Waals surface area contributed by atoms with Crippen LogP contribution in [0, 0.1) is 5.82 Å². The van der Waals surface area contributed by atoms with Crippen LogP contribution in [0.4, 0.5) is 10.1 Å². The van der Waals surface area contributed by atoms with E-state index >= 15 is 0 Å². The van der Waals surface area contributed by atoms with Crippen LogP contribution in [-0.4, -0.2) is 10.9 Å². The molecule has 150 valence electrons. The summed E-state index contributed by atoms with van der Waals surface area (Å²) in [5.74, 6) is -0.465. The highest BCUT2D eigenvalue weighted by Crippen LogP contribution is 2.31. The lowest BCUT2D eigenvalue weighted by Gasteiger charge is -2.24. The largest absolute Gasteiger partial charge is 0.381 e. The predicted octanol–water partition coefficient (Wildman–Crippen LogP) is 5.48. The topological polar surface area (TPSA) is 54.0 Å². The molecule has 0 saturated heterocycles. The molecule has 1 amide bonds. The van der Waals surface area contributed by atoms with E-state index in [4.69, 9.17) is 0 Å². The van der Waals surface area contributed by atoms with Crippen molar-refractivity contribution in [2.45, 2.75) is 19.4 Å². The Hall–Kier alpha value is -3.73. The van der Waals surface area contributed by atoms with Gasteiger partial charge in [-0.05, 0) is 65.2 Å². The first-order chi connectivity index (χ1) is 14.6. The number of amides is 1. The van der Waals surface area contributed by atoms with Gasteiger partial charge in [0.05, 0.1) is 6.04 Å². The van der Waals surface area contributed by atoms with Gasteiger partial charge in [-0.25, -0.2) is 4.39 Å². The minimum Gasteiger partial charge on any atom is -0.381 e. The number of rotatable bonds is 4. The Morgan fingerprint density at radius 3 is 2.90 bits per heavy atom. The van der Waals surface area contributed by atoms with Gasteiger partial charge >= 0.3 is 0 Å². The number of anilines is 1. The molecule has 1 aromatic heterocycles. The third-order valence-corrected chi connectivity index (χ3v) is 4.96. The Morgan fingerprint density at radius 1 is 1.20 bits per heavy atom. The van der Waals surface area contributed by atoms with Crippen molar-refractivity contribution in [3.63, 3.8) is 0 Å². The monoisotopic (exact) mass is 399 g/mol. The lowest BCUT2D eigenvalue weighted by Crippen LogP contribution is -2.20. The Balaban J connectivity index is 1.69. The van der Waals surface area contributed by atoms with Crippen LogP contribution in [0.25, 0.3) is 17.2 Å². The number of benzene rings is 2. The van der Waals surface area contributed by atoms with Gasteiger partial charge in [0.2, 0.25) is 5.91 Å². The van der Waals surface area contributed by atoms with E-state index in [0.29, 0.717) is 16.8 Å². The fourth-order valence-corrected chi connectivity index (χ4v) is 3.62. The van der Waals surface area contributed by atoms with E-state index in [1.54, 1.807) is 30.5 Å². The molecule has 0 bridgehead atoms. The molecule has 30 heavy (non-hydrogen) atoms. The highest BCUT2D eigenvalue weighted by atomic mass is 19.1. The quantitative estimate of drug-likeness (QED) is 0.611. The van der Waals surface area contributed by atoms with E-state index < -0.39 is 0 Å². The van der Waals surface area contributed by atoms with Crippen LogP contribution in [0.15, 0.2) is 84.8 Å². The van der Waals surface area contributed by atoms with E-state index in [9.17, 15) is 9.18 Å². The van der Waals surface area contributed by atoms with Gasteiger partial charge < -0.3 is 10.6 Å². The first-order valence-electron chi connectivity index (χ1n) is 9.79. The Labute approximate surface area is 175 Å². The average molecular weight is 399 g/mol. The van der Waals surface area contributed by atoms with Crippen LogP contribution >= 0.6 is 0 Å². The summed E-state index contributed by atoms with van der Waals surface area (Å²) in [7, 11) is 0. The van der Waals surface area contributed by atoms with Crippen LogP contribution in [-0.2, 0) is 4.79 Å². The maximum atomic E-state index is 14.6. The summed E-state index contributed by atoms with van der Waals surface area (Å²) >= 11 is 0. The number of nitrogens with zero attached hydrogens (tertiary/aromatic N) is 1. The van der Waals surface area contributed by atoms with Crippen LogP contribution in [0.3, 0.4) is 0 Å². The molecule has 1 atom stereocenters. The number of nitrogens with one attached hydrogen (secondary N) is 2.